The summed E-state index contributed by atoms with van der Waals surface area (Å²) in [5, 5.41) is 12.4. The minimum absolute atomic E-state index is 0.0663. The lowest BCUT2D eigenvalue weighted by Gasteiger charge is -2.37. The molecule has 4 rings (SSSR count). The van der Waals surface area contributed by atoms with Crippen molar-refractivity contribution in [1.29, 1.82) is 0 Å². The molecule has 0 aliphatic carbocycles. The number of carbonyl (C=O) groups excluding carboxylic acids is 1. The van der Waals surface area contributed by atoms with E-state index < -0.39 is 0 Å². The third-order valence-corrected chi connectivity index (χ3v) is 6.41. The third-order valence-electron chi connectivity index (χ3n) is 5.51. The Bertz CT molecular complexity index is 1050. The Hall–Kier alpha value is -2.97. The van der Waals surface area contributed by atoms with Crippen molar-refractivity contribution in [3.05, 3.63) is 64.1 Å². The van der Waals surface area contributed by atoms with Gasteiger partial charge in [-0.05, 0) is 50.2 Å². The number of anilines is 2. The number of hydrogen-bond acceptors (Lipinski definition) is 7. The number of nitrogens with zero attached hydrogens (tertiary/aromatic N) is 4. The van der Waals surface area contributed by atoms with Crippen LogP contribution in [0, 0.1) is 0 Å². The minimum atomic E-state index is -0.230. The number of hydrogen-bond donors (Lipinski definition) is 1. The summed E-state index contributed by atoms with van der Waals surface area (Å²) in [6.45, 7) is 7.43. The molecule has 7 nitrogen and oxygen atoms in total. The molecule has 8 heteroatoms. The summed E-state index contributed by atoms with van der Waals surface area (Å²) in [6.07, 6.45) is 1.03. The van der Waals surface area contributed by atoms with Crippen molar-refractivity contribution >= 4 is 28.6 Å². The van der Waals surface area contributed by atoms with E-state index in [4.69, 9.17) is 4.74 Å². The Balaban J connectivity index is 1.32. The maximum atomic E-state index is 12.5. The predicted molar refractivity (Wildman–Crippen MR) is 129 cm³/mol. The van der Waals surface area contributed by atoms with Gasteiger partial charge in [0.1, 0.15) is 16.9 Å². The summed E-state index contributed by atoms with van der Waals surface area (Å²) < 4.78 is 6.22. The molecule has 2 aromatic carbocycles. The zero-order valence-corrected chi connectivity index (χ0v) is 19.6. The first kappa shape index (κ1) is 22.2. The monoisotopic (exact) mass is 451 g/mol. The quantitative estimate of drug-likeness (QED) is 0.557. The molecule has 168 valence electrons. The Morgan fingerprint density at radius 1 is 1.19 bits per heavy atom. The second kappa shape index (κ2) is 10.1. The van der Waals surface area contributed by atoms with Crippen LogP contribution in [0.2, 0.25) is 0 Å². The van der Waals surface area contributed by atoms with Crippen LogP contribution in [-0.4, -0.2) is 53.8 Å². The second-order valence-electron chi connectivity index (χ2n) is 7.95. The molecule has 2 heterocycles. The van der Waals surface area contributed by atoms with E-state index in [2.05, 4.69) is 45.2 Å². The highest BCUT2D eigenvalue weighted by Gasteiger charge is 2.26. The van der Waals surface area contributed by atoms with Crippen molar-refractivity contribution in [2.45, 2.75) is 32.9 Å². The van der Waals surface area contributed by atoms with E-state index in [0.717, 1.165) is 48.2 Å². The summed E-state index contributed by atoms with van der Waals surface area (Å²) in [7, 11) is 2.04. The molecule has 0 fully saturated rings. The van der Waals surface area contributed by atoms with Gasteiger partial charge < -0.3 is 15.0 Å². The molecule has 3 aromatic rings. The number of likely N-dealkylation sites (N-methyl/N-ethyl adjacent to an activating group) is 2. The summed E-state index contributed by atoms with van der Waals surface area (Å²) in [5.74, 6) is 0.701. The molecule has 0 spiro atoms. The largest absolute Gasteiger partial charge is 0.485 e. The van der Waals surface area contributed by atoms with Gasteiger partial charge in [0.2, 0.25) is 5.01 Å². The van der Waals surface area contributed by atoms with Crippen LogP contribution in [0.5, 0.6) is 5.75 Å². The summed E-state index contributed by atoms with van der Waals surface area (Å²) in [5.41, 5.74) is 3.14. The first-order chi connectivity index (χ1) is 15.6. The fourth-order valence-corrected chi connectivity index (χ4v) is 4.65. The average molecular weight is 452 g/mol. The predicted octanol–water partition coefficient (Wildman–Crippen LogP) is 4.07. The van der Waals surface area contributed by atoms with E-state index in [1.54, 1.807) is 0 Å². The molecule has 1 aromatic heterocycles. The molecule has 0 bridgehead atoms. The van der Waals surface area contributed by atoms with Crippen molar-refractivity contribution in [3.63, 3.8) is 0 Å². The average Bonchev–Trinajstić information content (AvgIpc) is 3.27. The van der Waals surface area contributed by atoms with E-state index in [9.17, 15) is 4.79 Å². The maximum absolute atomic E-state index is 12.5. The molecule has 1 N–H and O–H groups in total. The van der Waals surface area contributed by atoms with Crippen LogP contribution >= 0.6 is 11.3 Å². The number of aryl methyl sites for hydroxylation is 1. The van der Waals surface area contributed by atoms with Crippen molar-refractivity contribution in [2.75, 3.05) is 36.9 Å². The van der Waals surface area contributed by atoms with Crippen molar-refractivity contribution in [2.24, 2.45) is 0 Å². The van der Waals surface area contributed by atoms with Gasteiger partial charge in [-0.1, -0.05) is 42.5 Å². The van der Waals surface area contributed by atoms with E-state index in [0.29, 0.717) is 11.6 Å². The molecule has 1 aliphatic heterocycles. The zero-order chi connectivity index (χ0) is 22.5. The molecule has 1 amide bonds. The van der Waals surface area contributed by atoms with Crippen LogP contribution in [0.1, 0.15) is 34.2 Å². The fourth-order valence-electron chi connectivity index (χ4n) is 3.83. The van der Waals surface area contributed by atoms with Gasteiger partial charge in [-0.2, -0.15) is 0 Å². The summed E-state index contributed by atoms with van der Waals surface area (Å²) in [4.78, 5) is 17.0. The number of amides is 1. The molecule has 0 saturated heterocycles. The van der Waals surface area contributed by atoms with Crippen molar-refractivity contribution in [1.82, 2.24) is 15.1 Å². The molecule has 1 unspecified atom stereocenters. The number of nitrogens with one attached hydrogen (secondary N) is 1. The molecule has 0 radical (unpaired) electrons. The van der Waals surface area contributed by atoms with Crippen molar-refractivity contribution < 1.29 is 9.53 Å². The standard InChI is InChI=1S/C24H29N5O2S/c1-4-17-10-12-18(13-11-17)25-23(30)24-27-26-22(32-24)16-28(3)14-19-15-29(5-2)20-8-6-7-9-21(20)31-19/h6-13,19H,4-5,14-16H2,1-3H3,(H,25,30). The number of para-hydroxylation sites is 2. The normalized spacial score (nSPS) is 15.4. The molecule has 0 saturated carbocycles. The van der Waals surface area contributed by atoms with Crippen LogP contribution in [0.3, 0.4) is 0 Å². The van der Waals surface area contributed by atoms with E-state index in [1.807, 2.05) is 49.5 Å². The highest BCUT2D eigenvalue weighted by Crippen LogP contribution is 2.33. The molecular weight excluding hydrogens is 422 g/mol. The van der Waals surface area contributed by atoms with Gasteiger partial charge in [-0.15, -0.1) is 10.2 Å². The second-order valence-corrected chi connectivity index (χ2v) is 9.01. The molecule has 1 atom stereocenters. The smallest absolute Gasteiger partial charge is 0.286 e. The number of aromatic nitrogens is 2. The van der Waals surface area contributed by atoms with Gasteiger partial charge in [0.25, 0.3) is 5.91 Å². The van der Waals surface area contributed by atoms with E-state index in [1.165, 1.54) is 16.9 Å². The van der Waals surface area contributed by atoms with Gasteiger partial charge in [0, 0.05) is 18.8 Å². The molecule has 1 aliphatic rings. The van der Waals surface area contributed by atoms with Gasteiger partial charge in [0.15, 0.2) is 0 Å². The maximum Gasteiger partial charge on any atom is 0.286 e. The van der Waals surface area contributed by atoms with Gasteiger partial charge in [-0.25, -0.2) is 0 Å². The van der Waals surface area contributed by atoms with Crippen LogP contribution in [0.25, 0.3) is 0 Å². The number of rotatable bonds is 8. The lowest BCUT2D eigenvalue weighted by Crippen LogP contribution is -2.45. The SMILES string of the molecule is CCc1ccc(NC(=O)c2nnc(CN(C)CC3CN(CC)c4ccccc4O3)s2)cc1. The third kappa shape index (κ3) is 5.26. The first-order valence-corrected chi connectivity index (χ1v) is 11.8. The summed E-state index contributed by atoms with van der Waals surface area (Å²) >= 11 is 1.32. The Labute approximate surface area is 193 Å². The Kier molecular flexibility index (Phi) is 7.02. The summed E-state index contributed by atoms with van der Waals surface area (Å²) in [6, 6.07) is 16.0. The van der Waals surface area contributed by atoms with E-state index >= 15 is 0 Å². The Morgan fingerprint density at radius 2 is 1.97 bits per heavy atom. The fraction of sp³-hybridized carbons (Fsp3) is 0.375. The number of ether oxygens (including phenoxy) is 1. The minimum Gasteiger partial charge on any atom is -0.485 e. The Morgan fingerprint density at radius 3 is 2.72 bits per heavy atom. The topological polar surface area (TPSA) is 70.6 Å². The number of carbonyl (C=O) groups is 1. The van der Waals surface area contributed by atoms with Gasteiger partial charge in [0.05, 0.1) is 18.8 Å². The lowest BCUT2D eigenvalue weighted by molar-refractivity contribution is 0.102. The number of benzene rings is 2. The number of fused-ring (bicyclic) bond motifs is 1. The van der Waals surface area contributed by atoms with Crippen LogP contribution in [-0.2, 0) is 13.0 Å². The van der Waals surface area contributed by atoms with Crippen LogP contribution in [0.15, 0.2) is 48.5 Å². The van der Waals surface area contributed by atoms with Gasteiger partial charge >= 0.3 is 0 Å². The lowest BCUT2D eigenvalue weighted by atomic mass is 10.1. The molecular formula is C24H29N5O2S. The zero-order valence-electron chi connectivity index (χ0n) is 18.7. The van der Waals surface area contributed by atoms with Gasteiger partial charge in [-0.3, -0.25) is 9.69 Å². The van der Waals surface area contributed by atoms with Crippen molar-refractivity contribution in [3.8, 4) is 5.75 Å². The highest BCUT2D eigenvalue weighted by atomic mass is 32.1. The van der Waals surface area contributed by atoms with E-state index in [-0.39, 0.29) is 12.0 Å². The highest BCUT2D eigenvalue weighted by molar-refractivity contribution is 7.13. The van der Waals surface area contributed by atoms with Crippen LogP contribution in [0.4, 0.5) is 11.4 Å². The first-order valence-electron chi connectivity index (χ1n) is 11.0. The molecule has 32 heavy (non-hydrogen) atoms. The van der Waals surface area contributed by atoms with Crippen LogP contribution < -0.4 is 15.0 Å².